The molecule has 9 heteroatoms. The summed E-state index contributed by atoms with van der Waals surface area (Å²) >= 11 is 1.32. The van der Waals surface area contributed by atoms with Crippen LogP contribution in [0, 0.1) is 10.1 Å². The SMILES string of the molecule is O=C(Cc1ccc([N+](=O)[O-])cc1)Nc1ccc(C(=O)Nc2nccs2)cc1. The lowest BCUT2D eigenvalue weighted by Crippen LogP contribution is -2.15. The largest absolute Gasteiger partial charge is 0.326 e. The molecule has 136 valence electrons. The van der Waals surface area contributed by atoms with Crippen LogP contribution in [0.15, 0.2) is 60.1 Å². The number of nitrogens with zero attached hydrogens (tertiary/aromatic N) is 2. The van der Waals surface area contributed by atoms with Crippen LogP contribution in [0.3, 0.4) is 0 Å². The summed E-state index contributed by atoms with van der Waals surface area (Å²) in [5, 5.41) is 18.3. The highest BCUT2D eigenvalue weighted by Crippen LogP contribution is 2.16. The summed E-state index contributed by atoms with van der Waals surface area (Å²) in [5.41, 5.74) is 1.63. The first kappa shape index (κ1) is 18.2. The minimum absolute atomic E-state index is 0.0224. The van der Waals surface area contributed by atoms with E-state index < -0.39 is 4.92 Å². The molecule has 27 heavy (non-hydrogen) atoms. The fourth-order valence-electron chi connectivity index (χ4n) is 2.29. The van der Waals surface area contributed by atoms with Crippen LogP contribution < -0.4 is 10.6 Å². The van der Waals surface area contributed by atoms with Gasteiger partial charge in [-0.3, -0.25) is 25.0 Å². The van der Waals surface area contributed by atoms with Gasteiger partial charge in [-0.05, 0) is 29.8 Å². The van der Waals surface area contributed by atoms with Crippen LogP contribution in [-0.2, 0) is 11.2 Å². The Bertz CT molecular complexity index is 954. The zero-order valence-corrected chi connectivity index (χ0v) is 14.7. The highest BCUT2D eigenvalue weighted by atomic mass is 32.1. The van der Waals surface area contributed by atoms with Gasteiger partial charge in [0, 0.05) is 35.0 Å². The van der Waals surface area contributed by atoms with Crippen molar-refractivity contribution in [3.8, 4) is 0 Å². The van der Waals surface area contributed by atoms with Gasteiger partial charge in [0.1, 0.15) is 0 Å². The van der Waals surface area contributed by atoms with E-state index in [1.807, 2.05) is 0 Å². The van der Waals surface area contributed by atoms with E-state index in [4.69, 9.17) is 0 Å². The summed E-state index contributed by atoms with van der Waals surface area (Å²) < 4.78 is 0. The Morgan fingerprint density at radius 3 is 2.33 bits per heavy atom. The number of aromatic nitrogens is 1. The average molecular weight is 382 g/mol. The molecule has 0 spiro atoms. The van der Waals surface area contributed by atoms with Gasteiger partial charge in [0.25, 0.3) is 11.6 Å². The van der Waals surface area contributed by atoms with Crippen molar-refractivity contribution >= 4 is 39.7 Å². The van der Waals surface area contributed by atoms with Crippen molar-refractivity contribution in [1.82, 2.24) is 4.98 Å². The molecule has 1 heterocycles. The number of nitro benzene ring substituents is 1. The Morgan fingerprint density at radius 1 is 1.04 bits per heavy atom. The van der Waals surface area contributed by atoms with Crippen LogP contribution in [0.4, 0.5) is 16.5 Å². The Kier molecular flexibility index (Phi) is 5.53. The lowest BCUT2D eigenvalue weighted by molar-refractivity contribution is -0.384. The number of non-ortho nitro benzene ring substituents is 1. The summed E-state index contributed by atoms with van der Waals surface area (Å²) in [6.45, 7) is 0. The Hall–Kier alpha value is -3.59. The molecule has 0 bridgehead atoms. The quantitative estimate of drug-likeness (QED) is 0.500. The summed E-state index contributed by atoms with van der Waals surface area (Å²) in [5.74, 6) is -0.544. The molecule has 0 saturated heterocycles. The average Bonchev–Trinajstić information content (AvgIpc) is 3.15. The number of rotatable bonds is 6. The highest BCUT2D eigenvalue weighted by molar-refractivity contribution is 7.13. The van der Waals surface area contributed by atoms with Crippen molar-refractivity contribution in [2.45, 2.75) is 6.42 Å². The van der Waals surface area contributed by atoms with Gasteiger partial charge in [-0.25, -0.2) is 4.98 Å². The molecule has 0 saturated carbocycles. The van der Waals surface area contributed by atoms with Crippen molar-refractivity contribution in [3.05, 3.63) is 81.3 Å². The summed E-state index contributed by atoms with van der Waals surface area (Å²) in [6.07, 6.45) is 1.69. The third-order valence-electron chi connectivity index (χ3n) is 3.60. The summed E-state index contributed by atoms with van der Waals surface area (Å²) in [4.78, 5) is 38.3. The number of hydrogen-bond acceptors (Lipinski definition) is 6. The predicted molar refractivity (Wildman–Crippen MR) is 102 cm³/mol. The predicted octanol–water partition coefficient (Wildman–Crippen LogP) is 3.48. The smallest absolute Gasteiger partial charge is 0.269 e. The van der Waals surface area contributed by atoms with E-state index in [0.29, 0.717) is 21.9 Å². The molecule has 3 rings (SSSR count). The van der Waals surface area contributed by atoms with Crippen LogP contribution in [0.5, 0.6) is 0 Å². The second kappa shape index (κ2) is 8.19. The minimum Gasteiger partial charge on any atom is -0.326 e. The normalized spacial score (nSPS) is 10.2. The lowest BCUT2D eigenvalue weighted by atomic mass is 10.1. The van der Waals surface area contributed by atoms with Crippen molar-refractivity contribution in [2.24, 2.45) is 0 Å². The Balaban J connectivity index is 1.56. The van der Waals surface area contributed by atoms with E-state index in [-0.39, 0.29) is 23.9 Å². The second-order valence-electron chi connectivity index (χ2n) is 5.52. The molecular weight excluding hydrogens is 368 g/mol. The molecule has 0 fully saturated rings. The van der Waals surface area contributed by atoms with Crippen LogP contribution in [-0.4, -0.2) is 21.7 Å². The number of amides is 2. The Labute approximate surface area is 158 Å². The first-order chi connectivity index (χ1) is 13.0. The zero-order valence-electron chi connectivity index (χ0n) is 13.9. The van der Waals surface area contributed by atoms with Crippen LogP contribution >= 0.6 is 11.3 Å². The van der Waals surface area contributed by atoms with E-state index in [2.05, 4.69) is 15.6 Å². The monoisotopic (exact) mass is 382 g/mol. The fourth-order valence-corrected chi connectivity index (χ4v) is 2.81. The number of carbonyl (C=O) groups excluding carboxylic acids is 2. The van der Waals surface area contributed by atoms with Gasteiger partial charge < -0.3 is 5.32 Å². The molecule has 1 aromatic heterocycles. The molecule has 0 unspecified atom stereocenters. The van der Waals surface area contributed by atoms with E-state index in [1.165, 1.54) is 23.5 Å². The topological polar surface area (TPSA) is 114 Å². The van der Waals surface area contributed by atoms with Crippen LogP contribution in [0.1, 0.15) is 15.9 Å². The molecule has 8 nitrogen and oxygen atoms in total. The van der Waals surface area contributed by atoms with Gasteiger partial charge in [0.2, 0.25) is 5.91 Å². The third kappa shape index (κ3) is 4.95. The number of benzene rings is 2. The first-order valence-electron chi connectivity index (χ1n) is 7.85. The molecule has 2 N–H and O–H groups in total. The van der Waals surface area contributed by atoms with Gasteiger partial charge in [0.15, 0.2) is 5.13 Å². The van der Waals surface area contributed by atoms with Gasteiger partial charge in [0.05, 0.1) is 11.3 Å². The van der Waals surface area contributed by atoms with Gasteiger partial charge in [-0.15, -0.1) is 11.3 Å². The highest BCUT2D eigenvalue weighted by Gasteiger charge is 2.10. The number of anilines is 2. The maximum absolute atomic E-state index is 12.1. The van der Waals surface area contributed by atoms with Crippen molar-refractivity contribution in [1.29, 1.82) is 0 Å². The fraction of sp³-hybridized carbons (Fsp3) is 0.0556. The van der Waals surface area contributed by atoms with Crippen molar-refractivity contribution < 1.29 is 14.5 Å². The van der Waals surface area contributed by atoms with Gasteiger partial charge in [-0.1, -0.05) is 12.1 Å². The standard InChI is InChI=1S/C18H14N4O4S/c23-16(11-12-1-7-15(8-2-12)22(25)26)20-14-5-3-13(4-6-14)17(24)21-18-19-9-10-27-18/h1-10H,11H2,(H,20,23)(H,19,21,24). The molecule has 0 aliphatic heterocycles. The second-order valence-corrected chi connectivity index (χ2v) is 6.41. The third-order valence-corrected chi connectivity index (χ3v) is 4.28. The lowest BCUT2D eigenvalue weighted by Gasteiger charge is -2.07. The summed E-state index contributed by atoms with van der Waals surface area (Å²) in [6, 6.07) is 12.3. The molecule has 0 aliphatic carbocycles. The zero-order chi connectivity index (χ0) is 19.2. The molecule has 2 aromatic carbocycles. The molecule has 2 amide bonds. The first-order valence-corrected chi connectivity index (χ1v) is 8.73. The minimum atomic E-state index is -0.490. The molecule has 0 aliphatic rings. The van der Waals surface area contributed by atoms with E-state index >= 15 is 0 Å². The Morgan fingerprint density at radius 2 is 1.74 bits per heavy atom. The van der Waals surface area contributed by atoms with Crippen molar-refractivity contribution in [2.75, 3.05) is 10.6 Å². The molecule has 3 aromatic rings. The van der Waals surface area contributed by atoms with E-state index in [0.717, 1.165) is 0 Å². The number of thiazole rings is 1. The number of nitro groups is 1. The molecule has 0 radical (unpaired) electrons. The van der Waals surface area contributed by atoms with Crippen LogP contribution in [0.2, 0.25) is 0 Å². The molecular formula is C18H14N4O4S. The van der Waals surface area contributed by atoms with Gasteiger partial charge in [-0.2, -0.15) is 0 Å². The summed E-state index contributed by atoms with van der Waals surface area (Å²) in [7, 11) is 0. The maximum atomic E-state index is 12.1. The number of hydrogen-bond donors (Lipinski definition) is 2. The van der Waals surface area contributed by atoms with Crippen LogP contribution in [0.25, 0.3) is 0 Å². The number of nitrogens with one attached hydrogen (secondary N) is 2. The van der Waals surface area contributed by atoms with E-state index in [1.54, 1.807) is 48.0 Å². The number of carbonyl (C=O) groups is 2. The van der Waals surface area contributed by atoms with Crippen molar-refractivity contribution in [3.63, 3.8) is 0 Å². The van der Waals surface area contributed by atoms with E-state index in [9.17, 15) is 19.7 Å². The maximum Gasteiger partial charge on any atom is 0.269 e. The van der Waals surface area contributed by atoms with Gasteiger partial charge >= 0.3 is 0 Å². The molecule has 0 atom stereocenters.